The van der Waals surface area contributed by atoms with Crippen molar-refractivity contribution in [3.63, 3.8) is 0 Å². The summed E-state index contributed by atoms with van der Waals surface area (Å²) in [6.07, 6.45) is 0. The van der Waals surface area contributed by atoms with Crippen molar-refractivity contribution >= 4 is 28.0 Å². The molecular weight excluding hydrogens is 631 g/mol. The zero-order valence-electron chi connectivity index (χ0n) is 28.6. The quantitative estimate of drug-likeness (QED) is 0.161. The zero-order valence-corrected chi connectivity index (χ0v) is 28.6. The Morgan fingerprint density at radius 1 is 0.308 bits per heavy atom. The Hall–Kier alpha value is -6.90. The van der Waals surface area contributed by atoms with Crippen LogP contribution in [0.3, 0.4) is 0 Å². The van der Waals surface area contributed by atoms with Gasteiger partial charge in [-0.3, -0.25) is 0 Å². The maximum atomic E-state index is 6.44. The Bertz CT molecular complexity index is 2490. The van der Waals surface area contributed by atoms with Crippen molar-refractivity contribution in [2.75, 3.05) is 4.90 Å². The SMILES string of the molecule is c1ccc(-c2ccc(-c3ccc(N(c4ccccc4-c4ccccc4)c4ccccc4-c4ccccc4)cc3)cc2-c2cc3ccccc3o2)cc1. The number of para-hydroxylation sites is 3. The van der Waals surface area contributed by atoms with Crippen LogP contribution in [-0.4, -0.2) is 0 Å². The molecule has 0 bridgehead atoms. The van der Waals surface area contributed by atoms with Gasteiger partial charge in [-0.05, 0) is 75.8 Å². The first-order chi connectivity index (χ1) is 25.8. The first kappa shape index (κ1) is 31.1. The second-order valence-corrected chi connectivity index (χ2v) is 12.9. The lowest BCUT2D eigenvalue weighted by atomic mass is 9.93. The summed E-state index contributed by atoms with van der Waals surface area (Å²) in [6.45, 7) is 0. The van der Waals surface area contributed by atoms with E-state index in [1.807, 2.05) is 12.1 Å². The van der Waals surface area contributed by atoms with Gasteiger partial charge in [-0.1, -0.05) is 170 Å². The molecule has 0 aliphatic carbocycles. The summed E-state index contributed by atoms with van der Waals surface area (Å²) < 4.78 is 6.44. The summed E-state index contributed by atoms with van der Waals surface area (Å²) in [7, 11) is 0. The van der Waals surface area contributed by atoms with Gasteiger partial charge in [0.25, 0.3) is 0 Å². The molecule has 0 aliphatic heterocycles. The van der Waals surface area contributed by atoms with Crippen molar-refractivity contribution < 1.29 is 4.42 Å². The fraction of sp³-hybridized carbons (Fsp3) is 0. The minimum Gasteiger partial charge on any atom is -0.456 e. The molecule has 0 aliphatic rings. The number of fused-ring (bicyclic) bond motifs is 1. The first-order valence-electron chi connectivity index (χ1n) is 17.7. The van der Waals surface area contributed by atoms with Crippen molar-refractivity contribution in [2.24, 2.45) is 0 Å². The van der Waals surface area contributed by atoms with Crippen LogP contribution in [-0.2, 0) is 0 Å². The van der Waals surface area contributed by atoms with Crippen molar-refractivity contribution in [1.29, 1.82) is 0 Å². The molecule has 0 N–H and O–H groups in total. The highest BCUT2D eigenvalue weighted by atomic mass is 16.3. The Balaban J connectivity index is 1.18. The normalized spacial score (nSPS) is 11.1. The highest BCUT2D eigenvalue weighted by Gasteiger charge is 2.21. The molecule has 246 valence electrons. The zero-order chi connectivity index (χ0) is 34.7. The van der Waals surface area contributed by atoms with Crippen LogP contribution < -0.4 is 4.90 Å². The topological polar surface area (TPSA) is 16.4 Å². The molecule has 0 saturated heterocycles. The van der Waals surface area contributed by atoms with Crippen LogP contribution >= 0.6 is 0 Å². The standard InChI is InChI=1S/C50H35NO/c1-4-16-37(17-5-1)43-33-30-40(34-46(43)50-35-41-22-10-15-27-49(41)52-50)36-28-31-42(32-29-36)51(47-25-13-11-23-44(47)38-18-6-2-7-19-38)48-26-14-12-24-45(48)39-20-8-3-9-21-39/h1-35H. The molecule has 0 fully saturated rings. The van der Waals surface area contributed by atoms with Crippen LogP contribution in [0.5, 0.6) is 0 Å². The van der Waals surface area contributed by atoms with Crippen LogP contribution in [0.2, 0.25) is 0 Å². The largest absolute Gasteiger partial charge is 0.456 e. The molecule has 2 nitrogen and oxygen atoms in total. The monoisotopic (exact) mass is 665 g/mol. The summed E-state index contributed by atoms with van der Waals surface area (Å²) in [5, 5.41) is 1.10. The van der Waals surface area contributed by atoms with Crippen molar-refractivity contribution in [3.05, 3.63) is 212 Å². The third kappa shape index (κ3) is 5.97. The Kier molecular flexibility index (Phi) is 8.24. The smallest absolute Gasteiger partial charge is 0.136 e. The average Bonchev–Trinajstić information content (AvgIpc) is 3.67. The Morgan fingerprint density at radius 2 is 0.788 bits per heavy atom. The summed E-state index contributed by atoms with van der Waals surface area (Å²) >= 11 is 0. The lowest BCUT2D eigenvalue weighted by molar-refractivity contribution is 0.632. The maximum Gasteiger partial charge on any atom is 0.136 e. The van der Waals surface area contributed by atoms with E-state index in [1.165, 1.54) is 22.3 Å². The minimum absolute atomic E-state index is 0.861. The van der Waals surface area contributed by atoms with Gasteiger partial charge in [-0.25, -0.2) is 0 Å². The molecule has 1 aromatic heterocycles. The van der Waals surface area contributed by atoms with Gasteiger partial charge >= 0.3 is 0 Å². The second kappa shape index (κ2) is 13.8. The van der Waals surface area contributed by atoms with Crippen LogP contribution in [0, 0.1) is 0 Å². The van der Waals surface area contributed by atoms with Crippen LogP contribution in [0.15, 0.2) is 217 Å². The van der Waals surface area contributed by atoms with Crippen LogP contribution in [0.4, 0.5) is 17.1 Å². The number of rotatable bonds is 8. The predicted octanol–water partition coefficient (Wildman–Crippen LogP) is 14.2. The summed E-state index contributed by atoms with van der Waals surface area (Å²) in [5.74, 6) is 0.861. The molecular formula is C50H35NO. The number of nitrogens with zero attached hydrogens (tertiary/aromatic N) is 1. The number of furan rings is 1. The van der Waals surface area contributed by atoms with E-state index in [4.69, 9.17) is 4.42 Å². The van der Waals surface area contributed by atoms with E-state index in [1.54, 1.807) is 0 Å². The molecule has 0 atom stereocenters. The third-order valence-electron chi connectivity index (χ3n) is 9.71. The molecule has 0 unspecified atom stereocenters. The van der Waals surface area contributed by atoms with Gasteiger partial charge in [0.15, 0.2) is 0 Å². The van der Waals surface area contributed by atoms with E-state index in [-0.39, 0.29) is 0 Å². The highest BCUT2D eigenvalue weighted by molar-refractivity contribution is 5.94. The predicted molar refractivity (Wildman–Crippen MR) is 218 cm³/mol. The molecule has 52 heavy (non-hydrogen) atoms. The molecule has 0 amide bonds. The van der Waals surface area contributed by atoms with Gasteiger partial charge in [-0.15, -0.1) is 0 Å². The summed E-state index contributed by atoms with van der Waals surface area (Å²) in [5.41, 5.74) is 14.5. The van der Waals surface area contributed by atoms with E-state index in [0.717, 1.165) is 61.6 Å². The molecule has 9 rings (SSSR count). The van der Waals surface area contributed by atoms with E-state index < -0.39 is 0 Å². The van der Waals surface area contributed by atoms with Gasteiger partial charge in [0.1, 0.15) is 11.3 Å². The molecule has 9 aromatic rings. The van der Waals surface area contributed by atoms with E-state index in [9.17, 15) is 0 Å². The number of hydrogen-bond acceptors (Lipinski definition) is 2. The van der Waals surface area contributed by atoms with E-state index >= 15 is 0 Å². The Morgan fingerprint density at radius 3 is 1.37 bits per heavy atom. The van der Waals surface area contributed by atoms with E-state index in [0.29, 0.717) is 0 Å². The van der Waals surface area contributed by atoms with Crippen LogP contribution in [0.1, 0.15) is 0 Å². The lowest BCUT2D eigenvalue weighted by Crippen LogP contribution is -2.12. The van der Waals surface area contributed by atoms with Crippen molar-refractivity contribution in [1.82, 2.24) is 0 Å². The fourth-order valence-corrected chi connectivity index (χ4v) is 7.18. The number of hydrogen-bond donors (Lipinski definition) is 0. The van der Waals surface area contributed by atoms with Crippen LogP contribution in [0.25, 0.3) is 66.8 Å². The first-order valence-corrected chi connectivity index (χ1v) is 17.7. The minimum atomic E-state index is 0.861. The molecule has 0 saturated carbocycles. The van der Waals surface area contributed by atoms with E-state index in [2.05, 4.69) is 205 Å². The maximum absolute atomic E-state index is 6.44. The lowest BCUT2D eigenvalue weighted by Gasteiger charge is -2.30. The fourth-order valence-electron chi connectivity index (χ4n) is 7.18. The van der Waals surface area contributed by atoms with Gasteiger partial charge in [0, 0.05) is 27.8 Å². The van der Waals surface area contributed by atoms with Crippen molar-refractivity contribution in [3.8, 4) is 55.8 Å². The van der Waals surface area contributed by atoms with Gasteiger partial charge < -0.3 is 9.32 Å². The Labute approximate surface area is 304 Å². The second-order valence-electron chi connectivity index (χ2n) is 12.9. The molecule has 8 aromatic carbocycles. The molecule has 0 radical (unpaired) electrons. The van der Waals surface area contributed by atoms with Gasteiger partial charge in [0.05, 0.1) is 11.4 Å². The highest BCUT2D eigenvalue weighted by Crippen LogP contribution is 2.45. The molecule has 2 heteroatoms. The molecule has 0 spiro atoms. The number of benzene rings is 8. The van der Waals surface area contributed by atoms with Gasteiger partial charge in [-0.2, -0.15) is 0 Å². The average molecular weight is 666 g/mol. The summed E-state index contributed by atoms with van der Waals surface area (Å²) in [4.78, 5) is 2.40. The number of anilines is 3. The summed E-state index contributed by atoms with van der Waals surface area (Å²) in [6, 6.07) is 75.2. The van der Waals surface area contributed by atoms with Crippen molar-refractivity contribution in [2.45, 2.75) is 0 Å². The molecule has 1 heterocycles. The van der Waals surface area contributed by atoms with Gasteiger partial charge in [0.2, 0.25) is 0 Å². The third-order valence-corrected chi connectivity index (χ3v) is 9.71.